The van der Waals surface area contributed by atoms with E-state index < -0.39 is 16.5 Å². The van der Waals surface area contributed by atoms with Crippen LogP contribution in [0.1, 0.15) is 39.0 Å². The van der Waals surface area contributed by atoms with Crippen molar-refractivity contribution in [2.75, 3.05) is 0 Å². The number of rotatable bonds is 7. The molecule has 92 valence electrons. The third-order valence-corrected chi connectivity index (χ3v) is 2.83. The lowest BCUT2D eigenvalue weighted by molar-refractivity contribution is 0.371. The van der Waals surface area contributed by atoms with Crippen LogP contribution in [0.15, 0.2) is 12.7 Å². The molecule has 0 rings (SSSR count). The number of hydrogen-bond acceptors (Lipinski definition) is 3. The molecule has 0 aliphatic carbocycles. The van der Waals surface area contributed by atoms with E-state index in [9.17, 15) is 9.13 Å². The molecule has 0 aromatic heterocycles. The Morgan fingerprint density at radius 2 is 1.73 bits per heavy atom. The maximum atomic E-state index is 9.44. The second-order valence-corrected chi connectivity index (χ2v) is 4.65. The Hall–Kier alpha value is 0.0800. The lowest BCUT2D eigenvalue weighted by Gasteiger charge is -1.91. The van der Waals surface area contributed by atoms with Gasteiger partial charge in [0.2, 0.25) is 0 Å². The van der Waals surface area contributed by atoms with E-state index in [1.165, 1.54) is 32.1 Å². The molecule has 5 nitrogen and oxygen atoms in total. The predicted molar refractivity (Wildman–Crippen MR) is 62.5 cm³/mol. The van der Waals surface area contributed by atoms with Gasteiger partial charge in [-0.25, -0.2) is 4.31 Å². The molecule has 0 heterocycles. The molecule has 0 aromatic rings. The van der Waals surface area contributed by atoms with Gasteiger partial charge in [-0.1, -0.05) is 32.3 Å². The number of unbranched alkanes of at least 4 members (excludes halogenated alkanes) is 4. The van der Waals surface area contributed by atoms with Crippen molar-refractivity contribution < 1.29 is 23.2 Å². The molecular weight excluding hydrogens is 238 g/mol. The largest absolute Gasteiger partial charge is 0.326 e. The molecule has 0 amide bonds. The predicted octanol–water partition coefficient (Wildman–Crippen LogP) is 2.91. The fourth-order valence-electron chi connectivity index (χ4n) is 0.790. The Bertz CT molecular complexity index is 183. The summed E-state index contributed by atoms with van der Waals surface area (Å²) in [6, 6.07) is 0. The highest BCUT2D eigenvalue weighted by molar-refractivity contribution is 7.46. The molecule has 0 fully saturated rings. The summed E-state index contributed by atoms with van der Waals surface area (Å²) in [5.74, 6) is 0. The van der Waals surface area contributed by atoms with Crippen LogP contribution in [0.2, 0.25) is 0 Å². The third kappa shape index (κ3) is 24.9. The van der Waals surface area contributed by atoms with E-state index in [-0.39, 0.29) is 0 Å². The standard InChI is InChI=1S/C8H16.H4O5P2/c1-3-5-7-8-6-4-2;1-6(2)5-7(3)4/h3H,1,4-8H2,2H3;6-7H,(H,1,2)(H,3,4). The van der Waals surface area contributed by atoms with E-state index in [1.807, 2.05) is 6.08 Å². The maximum absolute atomic E-state index is 9.44. The summed E-state index contributed by atoms with van der Waals surface area (Å²) < 4.78 is 22.3. The summed E-state index contributed by atoms with van der Waals surface area (Å²) in [4.78, 5) is 15.4. The van der Waals surface area contributed by atoms with Crippen molar-refractivity contribution in [2.24, 2.45) is 0 Å². The van der Waals surface area contributed by atoms with Gasteiger partial charge in [0.15, 0.2) is 0 Å². The Kier molecular flexibility index (Phi) is 16.4. The van der Waals surface area contributed by atoms with E-state index >= 15 is 0 Å². The van der Waals surface area contributed by atoms with Gasteiger partial charge in [0.25, 0.3) is 0 Å². The summed E-state index contributed by atoms with van der Waals surface area (Å²) in [5.41, 5.74) is 0. The fourth-order valence-corrected chi connectivity index (χ4v) is 1.39. The quantitative estimate of drug-likeness (QED) is 0.416. The lowest BCUT2D eigenvalue weighted by atomic mass is 10.2. The molecule has 0 aromatic carbocycles. The average molecular weight is 258 g/mol. The average Bonchev–Trinajstić information content (AvgIpc) is 2.11. The molecule has 0 aliphatic heterocycles. The van der Waals surface area contributed by atoms with E-state index in [0.29, 0.717) is 0 Å². The van der Waals surface area contributed by atoms with E-state index in [0.717, 1.165) is 0 Å². The van der Waals surface area contributed by atoms with Crippen molar-refractivity contribution in [3.05, 3.63) is 12.7 Å². The van der Waals surface area contributed by atoms with Crippen LogP contribution in [0.3, 0.4) is 0 Å². The van der Waals surface area contributed by atoms with Crippen LogP contribution in [-0.2, 0) is 13.4 Å². The van der Waals surface area contributed by atoms with Crippen LogP contribution in [0.4, 0.5) is 0 Å². The molecule has 0 bridgehead atoms. The third-order valence-electron chi connectivity index (χ3n) is 1.44. The smallest absolute Gasteiger partial charge is 0.323 e. The summed E-state index contributed by atoms with van der Waals surface area (Å²) in [6.07, 6.45) is 8.61. The molecule has 0 radical (unpaired) electrons. The highest BCUT2D eigenvalue weighted by Gasteiger charge is 1.93. The number of hydrogen-bond donors (Lipinski definition) is 2. The van der Waals surface area contributed by atoms with Gasteiger partial charge in [-0.3, -0.25) is 9.13 Å². The van der Waals surface area contributed by atoms with Gasteiger partial charge >= 0.3 is 16.5 Å². The second-order valence-electron chi connectivity index (χ2n) is 2.77. The molecule has 0 saturated carbocycles. The first-order valence-corrected chi connectivity index (χ1v) is 7.31. The van der Waals surface area contributed by atoms with Crippen LogP contribution < -0.4 is 0 Å². The highest BCUT2D eigenvalue weighted by atomic mass is 31.2. The minimum absolute atomic E-state index is 1.19. The summed E-state index contributed by atoms with van der Waals surface area (Å²) >= 11 is 0. The molecule has 0 saturated heterocycles. The van der Waals surface area contributed by atoms with E-state index in [4.69, 9.17) is 9.79 Å². The van der Waals surface area contributed by atoms with Crippen molar-refractivity contribution in [1.82, 2.24) is 0 Å². The second kappa shape index (κ2) is 14.1. The number of allylic oxidation sites excluding steroid dienone is 1. The van der Waals surface area contributed by atoms with Crippen LogP contribution in [0, 0.1) is 0 Å². The van der Waals surface area contributed by atoms with Gasteiger partial charge in [0.05, 0.1) is 0 Å². The van der Waals surface area contributed by atoms with Gasteiger partial charge in [0.1, 0.15) is 0 Å². The van der Waals surface area contributed by atoms with Gasteiger partial charge in [0, 0.05) is 0 Å². The summed E-state index contributed by atoms with van der Waals surface area (Å²) in [7, 11) is -6.40. The Labute approximate surface area is 92.1 Å². The molecule has 0 aliphatic rings. The van der Waals surface area contributed by atoms with Gasteiger partial charge in [-0.15, -0.1) is 6.58 Å². The Morgan fingerprint density at radius 1 is 1.20 bits per heavy atom. The zero-order chi connectivity index (χ0) is 12.1. The van der Waals surface area contributed by atoms with Crippen LogP contribution in [0.5, 0.6) is 0 Å². The molecule has 2 unspecified atom stereocenters. The topological polar surface area (TPSA) is 83.8 Å². The minimum Gasteiger partial charge on any atom is -0.326 e. The first-order valence-electron chi connectivity index (χ1n) is 4.79. The lowest BCUT2D eigenvalue weighted by Crippen LogP contribution is -1.71. The highest BCUT2D eigenvalue weighted by Crippen LogP contribution is 2.30. The zero-order valence-electron chi connectivity index (χ0n) is 8.94. The molecule has 2 atom stereocenters. The Morgan fingerprint density at radius 3 is 2.00 bits per heavy atom. The Balaban J connectivity index is 0. The SMILES string of the molecule is C=CCCCCCC.O=[PH](O)O[PH](=O)O. The van der Waals surface area contributed by atoms with Crippen molar-refractivity contribution in [1.29, 1.82) is 0 Å². The van der Waals surface area contributed by atoms with Crippen molar-refractivity contribution in [2.45, 2.75) is 39.0 Å². The molecule has 7 heteroatoms. The normalized spacial score (nSPS) is 13.5. The fraction of sp³-hybridized carbons (Fsp3) is 0.750. The van der Waals surface area contributed by atoms with Gasteiger partial charge in [-0.05, 0) is 12.8 Å². The molecular formula is C8H20O5P2. The van der Waals surface area contributed by atoms with E-state index in [2.05, 4.69) is 17.8 Å². The summed E-state index contributed by atoms with van der Waals surface area (Å²) in [5, 5.41) is 0. The van der Waals surface area contributed by atoms with Crippen LogP contribution in [0.25, 0.3) is 0 Å². The minimum atomic E-state index is -3.20. The van der Waals surface area contributed by atoms with E-state index in [1.54, 1.807) is 0 Å². The monoisotopic (exact) mass is 258 g/mol. The molecule has 15 heavy (non-hydrogen) atoms. The van der Waals surface area contributed by atoms with Crippen LogP contribution in [-0.4, -0.2) is 9.79 Å². The summed E-state index contributed by atoms with van der Waals surface area (Å²) in [6.45, 7) is 5.89. The first-order chi connectivity index (χ1) is 7.04. The first kappa shape index (κ1) is 17.5. The van der Waals surface area contributed by atoms with Crippen molar-refractivity contribution in [3.63, 3.8) is 0 Å². The molecule has 2 N–H and O–H groups in total. The van der Waals surface area contributed by atoms with Crippen LogP contribution >= 0.6 is 16.5 Å². The van der Waals surface area contributed by atoms with Gasteiger partial charge < -0.3 is 9.79 Å². The molecule has 0 spiro atoms. The van der Waals surface area contributed by atoms with Crippen molar-refractivity contribution >= 4 is 16.5 Å². The maximum Gasteiger partial charge on any atom is 0.323 e. The zero-order valence-corrected chi connectivity index (χ0v) is 10.9. The van der Waals surface area contributed by atoms with Crippen molar-refractivity contribution in [3.8, 4) is 0 Å². The van der Waals surface area contributed by atoms with Gasteiger partial charge in [-0.2, -0.15) is 0 Å².